The van der Waals surface area contributed by atoms with E-state index in [1.807, 2.05) is 19.1 Å². The van der Waals surface area contributed by atoms with Crippen LogP contribution in [-0.2, 0) is 6.42 Å². The van der Waals surface area contributed by atoms with Crippen LogP contribution in [0.25, 0.3) is 10.8 Å². The van der Waals surface area contributed by atoms with Gasteiger partial charge in [-0.15, -0.1) is 0 Å². The minimum atomic E-state index is 0.123. The van der Waals surface area contributed by atoms with E-state index in [0.29, 0.717) is 0 Å². The molecular formula is C14H16BrNO. The molecule has 90 valence electrons. The standard InChI is InChI=1S/C14H16BrNO/c1-9(16)7-13-12-5-4-11(15)8-10(12)3-6-14(13)17-2/h3-6,8-9H,7,16H2,1-2H3. The van der Waals surface area contributed by atoms with E-state index in [-0.39, 0.29) is 6.04 Å². The van der Waals surface area contributed by atoms with Crippen LogP contribution in [0, 0.1) is 0 Å². The van der Waals surface area contributed by atoms with Gasteiger partial charge in [0.15, 0.2) is 0 Å². The average molecular weight is 294 g/mol. The first-order valence-corrected chi connectivity index (χ1v) is 6.42. The molecule has 0 aliphatic carbocycles. The minimum Gasteiger partial charge on any atom is -0.496 e. The molecule has 0 fully saturated rings. The second-order valence-electron chi connectivity index (χ2n) is 4.29. The van der Waals surface area contributed by atoms with Crippen molar-refractivity contribution in [1.29, 1.82) is 0 Å². The van der Waals surface area contributed by atoms with Gasteiger partial charge in [-0.05, 0) is 42.3 Å². The number of benzene rings is 2. The number of methoxy groups -OCH3 is 1. The van der Waals surface area contributed by atoms with Crippen molar-refractivity contribution in [2.75, 3.05) is 7.11 Å². The molecule has 0 radical (unpaired) electrons. The number of ether oxygens (including phenoxy) is 1. The molecule has 0 aromatic heterocycles. The maximum Gasteiger partial charge on any atom is 0.122 e. The number of rotatable bonds is 3. The normalized spacial score (nSPS) is 12.7. The van der Waals surface area contributed by atoms with Crippen LogP contribution in [0.5, 0.6) is 5.75 Å². The van der Waals surface area contributed by atoms with Gasteiger partial charge in [0.1, 0.15) is 5.75 Å². The van der Waals surface area contributed by atoms with Crippen molar-refractivity contribution < 1.29 is 4.74 Å². The Morgan fingerprint density at radius 1 is 1.29 bits per heavy atom. The number of fused-ring (bicyclic) bond motifs is 1. The Labute approximate surface area is 110 Å². The Hall–Kier alpha value is -1.06. The van der Waals surface area contributed by atoms with Crippen LogP contribution in [-0.4, -0.2) is 13.2 Å². The lowest BCUT2D eigenvalue weighted by atomic mass is 9.98. The predicted octanol–water partition coefficient (Wildman–Crippen LogP) is 3.50. The van der Waals surface area contributed by atoms with E-state index in [4.69, 9.17) is 10.5 Å². The lowest BCUT2D eigenvalue weighted by molar-refractivity contribution is 0.409. The smallest absolute Gasteiger partial charge is 0.122 e. The maximum absolute atomic E-state index is 5.90. The van der Waals surface area contributed by atoms with Gasteiger partial charge in [-0.3, -0.25) is 0 Å². The van der Waals surface area contributed by atoms with Crippen LogP contribution in [0.1, 0.15) is 12.5 Å². The summed E-state index contributed by atoms with van der Waals surface area (Å²) < 4.78 is 6.50. The first-order valence-electron chi connectivity index (χ1n) is 5.62. The third-order valence-electron chi connectivity index (χ3n) is 2.80. The number of halogens is 1. The van der Waals surface area contributed by atoms with Crippen LogP contribution in [0.15, 0.2) is 34.8 Å². The molecule has 0 heterocycles. The van der Waals surface area contributed by atoms with Crippen molar-refractivity contribution in [3.05, 3.63) is 40.4 Å². The maximum atomic E-state index is 5.90. The highest BCUT2D eigenvalue weighted by molar-refractivity contribution is 9.10. The monoisotopic (exact) mass is 293 g/mol. The topological polar surface area (TPSA) is 35.2 Å². The van der Waals surface area contributed by atoms with Gasteiger partial charge in [0.25, 0.3) is 0 Å². The number of nitrogens with two attached hydrogens (primary N) is 1. The minimum absolute atomic E-state index is 0.123. The molecule has 0 aliphatic rings. The van der Waals surface area contributed by atoms with E-state index < -0.39 is 0 Å². The highest BCUT2D eigenvalue weighted by atomic mass is 79.9. The fourth-order valence-electron chi connectivity index (χ4n) is 2.07. The Morgan fingerprint density at radius 3 is 2.71 bits per heavy atom. The van der Waals surface area contributed by atoms with Gasteiger partial charge in [0.05, 0.1) is 7.11 Å². The molecule has 17 heavy (non-hydrogen) atoms. The van der Waals surface area contributed by atoms with Crippen LogP contribution < -0.4 is 10.5 Å². The zero-order valence-corrected chi connectivity index (χ0v) is 11.6. The first kappa shape index (κ1) is 12.4. The third-order valence-corrected chi connectivity index (χ3v) is 3.29. The van der Waals surface area contributed by atoms with Crippen molar-refractivity contribution >= 4 is 26.7 Å². The molecule has 2 nitrogen and oxygen atoms in total. The summed E-state index contributed by atoms with van der Waals surface area (Å²) >= 11 is 3.49. The van der Waals surface area contributed by atoms with E-state index in [1.165, 1.54) is 16.3 Å². The van der Waals surface area contributed by atoms with Crippen molar-refractivity contribution in [2.45, 2.75) is 19.4 Å². The van der Waals surface area contributed by atoms with Crippen molar-refractivity contribution in [3.63, 3.8) is 0 Å². The van der Waals surface area contributed by atoms with Crippen molar-refractivity contribution in [2.24, 2.45) is 5.73 Å². The third kappa shape index (κ3) is 2.61. The zero-order chi connectivity index (χ0) is 12.4. The lowest BCUT2D eigenvalue weighted by Crippen LogP contribution is -2.18. The van der Waals surface area contributed by atoms with E-state index in [9.17, 15) is 0 Å². The van der Waals surface area contributed by atoms with Gasteiger partial charge in [-0.25, -0.2) is 0 Å². The summed E-state index contributed by atoms with van der Waals surface area (Å²) in [6.45, 7) is 2.01. The summed E-state index contributed by atoms with van der Waals surface area (Å²) in [5.41, 5.74) is 7.09. The van der Waals surface area contributed by atoms with Crippen molar-refractivity contribution in [3.8, 4) is 5.75 Å². The Bertz CT molecular complexity index is 537. The molecule has 0 bridgehead atoms. The second kappa shape index (κ2) is 5.07. The zero-order valence-electron chi connectivity index (χ0n) is 10.0. The Morgan fingerprint density at radius 2 is 2.06 bits per heavy atom. The molecule has 1 atom stereocenters. The van der Waals surface area contributed by atoms with E-state index in [2.05, 4.69) is 34.1 Å². The molecule has 1 unspecified atom stereocenters. The molecule has 0 spiro atoms. The fourth-order valence-corrected chi connectivity index (χ4v) is 2.45. The molecule has 3 heteroatoms. The van der Waals surface area contributed by atoms with Crippen LogP contribution in [0.4, 0.5) is 0 Å². The molecule has 0 aliphatic heterocycles. The lowest BCUT2D eigenvalue weighted by Gasteiger charge is -2.14. The molecule has 2 aromatic carbocycles. The quantitative estimate of drug-likeness (QED) is 0.940. The summed E-state index contributed by atoms with van der Waals surface area (Å²) in [6, 6.07) is 10.5. The molecule has 0 amide bonds. The van der Waals surface area contributed by atoms with Gasteiger partial charge >= 0.3 is 0 Å². The predicted molar refractivity (Wildman–Crippen MR) is 75.6 cm³/mol. The summed E-state index contributed by atoms with van der Waals surface area (Å²) in [4.78, 5) is 0. The van der Waals surface area contributed by atoms with Gasteiger partial charge in [-0.1, -0.05) is 28.1 Å². The largest absolute Gasteiger partial charge is 0.496 e. The fraction of sp³-hybridized carbons (Fsp3) is 0.286. The summed E-state index contributed by atoms with van der Waals surface area (Å²) in [5, 5.41) is 2.42. The number of hydrogen-bond acceptors (Lipinski definition) is 2. The second-order valence-corrected chi connectivity index (χ2v) is 5.21. The van der Waals surface area contributed by atoms with Gasteiger partial charge in [0, 0.05) is 16.1 Å². The average Bonchev–Trinajstić information content (AvgIpc) is 2.28. The van der Waals surface area contributed by atoms with Gasteiger partial charge in [0.2, 0.25) is 0 Å². The molecule has 0 saturated carbocycles. The van der Waals surface area contributed by atoms with Gasteiger partial charge < -0.3 is 10.5 Å². The highest BCUT2D eigenvalue weighted by Gasteiger charge is 2.10. The Balaban J connectivity index is 2.65. The number of hydrogen-bond donors (Lipinski definition) is 1. The van der Waals surface area contributed by atoms with Crippen molar-refractivity contribution in [1.82, 2.24) is 0 Å². The Kier molecular flexibility index (Phi) is 3.69. The van der Waals surface area contributed by atoms with Crippen LogP contribution in [0.2, 0.25) is 0 Å². The van der Waals surface area contributed by atoms with Crippen LogP contribution >= 0.6 is 15.9 Å². The summed E-state index contributed by atoms with van der Waals surface area (Å²) in [6.07, 6.45) is 0.822. The molecular weight excluding hydrogens is 278 g/mol. The SMILES string of the molecule is COc1ccc2cc(Br)ccc2c1CC(C)N. The van der Waals surface area contributed by atoms with E-state index >= 15 is 0 Å². The molecule has 2 N–H and O–H groups in total. The van der Waals surface area contributed by atoms with E-state index in [0.717, 1.165) is 16.6 Å². The molecule has 2 rings (SSSR count). The summed E-state index contributed by atoms with van der Waals surface area (Å²) in [5.74, 6) is 0.914. The van der Waals surface area contributed by atoms with Gasteiger partial charge in [-0.2, -0.15) is 0 Å². The molecule has 2 aromatic rings. The highest BCUT2D eigenvalue weighted by Crippen LogP contribution is 2.30. The van der Waals surface area contributed by atoms with Crippen LogP contribution in [0.3, 0.4) is 0 Å². The summed E-state index contributed by atoms with van der Waals surface area (Å²) in [7, 11) is 1.70. The molecule has 0 saturated heterocycles. The van der Waals surface area contributed by atoms with E-state index in [1.54, 1.807) is 7.11 Å². The first-order chi connectivity index (χ1) is 8.11.